The molecular formula is C19H37BO3. The predicted molar refractivity (Wildman–Crippen MR) is 98.5 cm³/mol. The van der Waals surface area contributed by atoms with Crippen molar-refractivity contribution in [1.29, 1.82) is 0 Å². The van der Waals surface area contributed by atoms with Crippen LogP contribution in [0.1, 0.15) is 93.4 Å². The van der Waals surface area contributed by atoms with Gasteiger partial charge >= 0.3 is 7.12 Å². The molecule has 0 bridgehead atoms. The molecule has 1 rings (SSSR count). The minimum atomic E-state index is -0.770. The fourth-order valence-corrected chi connectivity index (χ4v) is 2.98. The van der Waals surface area contributed by atoms with Gasteiger partial charge in [-0.2, -0.15) is 0 Å². The number of rotatable bonds is 9. The Bertz CT molecular complexity index is 383. The largest absolute Gasteiger partial charge is 0.487 e. The molecule has 3 nitrogen and oxygen atoms in total. The molecule has 23 heavy (non-hydrogen) atoms. The molecule has 134 valence electrons. The molecule has 1 unspecified atom stereocenters. The van der Waals surface area contributed by atoms with Gasteiger partial charge in [0.15, 0.2) is 0 Å². The van der Waals surface area contributed by atoms with Gasteiger partial charge in [0.25, 0.3) is 0 Å². The lowest BCUT2D eigenvalue weighted by atomic mass is 9.78. The monoisotopic (exact) mass is 324 g/mol. The number of aliphatic hydroxyl groups is 1. The first kappa shape index (κ1) is 20.7. The summed E-state index contributed by atoms with van der Waals surface area (Å²) in [6.07, 6.45) is 7.39. The number of hydrogen-bond acceptors (Lipinski definition) is 3. The van der Waals surface area contributed by atoms with E-state index in [2.05, 4.69) is 41.5 Å². The molecule has 0 spiro atoms. The van der Waals surface area contributed by atoms with Crippen LogP contribution in [0.25, 0.3) is 0 Å². The lowest BCUT2D eigenvalue weighted by Crippen LogP contribution is -2.41. The Labute approximate surface area is 144 Å². The molecule has 1 aliphatic heterocycles. The summed E-state index contributed by atoms with van der Waals surface area (Å²) >= 11 is 0. The summed E-state index contributed by atoms with van der Waals surface area (Å²) in [6, 6.07) is 0. The highest BCUT2D eigenvalue weighted by atomic mass is 16.7. The second-order valence-corrected chi connectivity index (χ2v) is 8.15. The maximum Gasteiger partial charge on any atom is 0.487 e. The maximum absolute atomic E-state index is 10.9. The summed E-state index contributed by atoms with van der Waals surface area (Å²) in [6.45, 7) is 14.5. The third-order valence-electron chi connectivity index (χ3n) is 5.34. The van der Waals surface area contributed by atoms with Gasteiger partial charge < -0.3 is 14.4 Å². The Morgan fingerprint density at radius 3 is 2.04 bits per heavy atom. The van der Waals surface area contributed by atoms with E-state index in [4.69, 9.17) is 9.31 Å². The zero-order valence-electron chi connectivity index (χ0n) is 16.4. The van der Waals surface area contributed by atoms with E-state index in [1.807, 2.05) is 12.9 Å². The standard InChI is InChI=1S/C19H37BO3/c1-8-10-11-12-14-19(7,21)16(13-9-2)15-20-22-17(3,4)18(5,6)23-20/h15,21H,8-14H2,1-7H3. The van der Waals surface area contributed by atoms with E-state index in [1.165, 1.54) is 19.3 Å². The molecular weight excluding hydrogens is 287 g/mol. The first-order valence-corrected chi connectivity index (χ1v) is 9.35. The van der Waals surface area contributed by atoms with Gasteiger partial charge in [0.1, 0.15) is 0 Å². The van der Waals surface area contributed by atoms with Crippen LogP contribution in [0.4, 0.5) is 0 Å². The van der Waals surface area contributed by atoms with Gasteiger partial charge in [0.2, 0.25) is 0 Å². The average molecular weight is 324 g/mol. The van der Waals surface area contributed by atoms with Crippen molar-refractivity contribution >= 4 is 7.12 Å². The van der Waals surface area contributed by atoms with Crippen molar-refractivity contribution in [2.75, 3.05) is 0 Å². The average Bonchev–Trinajstić information content (AvgIpc) is 2.62. The first-order valence-electron chi connectivity index (χ1n) is 9.35. The second-order valence-electron chi connectivity index (χ2n) is 8.15. The van der Waals surface area contributed by atoms with Gasteiger partial charge in [-0.1, -0.05) is 51.9 Å². The van der Waals surface area contributed by atoms with Crippen molar-refractivity contribution in [3.8, 4) is 0 Å². The van der Waals surface area contributed by atoms with Crippen LogP contribution in [0, 0.1) is 0 Å². The Morgan fingerprint density at radius 1 is 1.00 bits per heavy atom. The van der Waals surface area contributed by atoms with E-state index in [1.54, 1.807) is 0 Å². The molecule has 1 aliphatic rings. The van der Waals surface area contributed by atoms with Crippen molar-refractivity contribution in [3.63, 3.8) is 0 Å². The lowest BCUT2D eigenvalue weighted by Gasteiger charge is -2.32. The highest BCUT2D eigenvalue weighted by molar-refractivity contribution is 6.51. The molecule has 1 fully saturated rings. The van der Waals surface area contributed by atoms with Crippen LogP contribution in [-0.4, -0.2) is 29.0 Å². The highest BCUT2D eigenvalue weighted by Crippen LogP contribution is 2.38. The van der Waals surface area contributed by atoms with Crippen molar-refractivity contribution in [1.82, 2.24) is 0 Å². The smallest absolute Gasteiger partial charge is 0.400 e. The summed E-state index contributed by atoms with van der Waals surface area (Å²) in [5.74, 6) is 2.01. The molecule has 4 heteroatoms. The highest BCUT2D eigenvalue weighted by Gasteiger charge is 2.50. The van der Waals surface area contributed by atoms with E-state index < -0.39 is 5.60 Å². The van der Waals surface area contributed by atoms with Gasteiger partial charge in [0, 0.05) is 0 Å². The third kappa shape index (κ3) is 5.61. The van der Waals surface area contributed by atoms with E-state index in [-0.39, 0.29) is 18.3 Å². The van der Waals surface area contributed by atoms with E-state index in [9.17, 15) is 5.11 Å². The Kier molecular flexibility index (Phi) is 7.37. The van der Waals surface area contributed by atoms with Crippen LogP contribution in [0.2, 0.25) is 0 Å². The summed E-state index contributed by atoms with van der Waals surface area (Å²) < 4.78 is 12.1. The Hall–Kier alpha value is -0.315. The van der Waals surface area contributed by atoms with Crippen LogP contribution in [0.5, 0.6) is 0 Å². The molecule has 1 saturated heterocycles. The zero-order valence-corrected chi connectivity index (χ0v) is 16.4. The molecule has 1 heterocycles. The van der Waals surface area contributed by atoms with Crippen molar-refractivity contribution < 1.29 is 14.4 Å². The molecule has 0 saturated carbocycles. The van der Waals surface area contributed by atoms with Gasteiger partial charge in [-0.05, 0) is 53.0 Å². The van der Waals surface area contributed by atoms with Crippen LogP contribution in [0.15, 0.2) is 11.5 Å². The summed E-state index contributed by atoms with van der Waals surface area (Å²) in [7, 11) is -0.372. The minimum absolute atomic E-state index is 0.335. The van der Waals surface area contributed by atoms with Gasteiger partial charge in [-0.25, -0.2) is 0 Å². The summed E-state index contributed by atoms with van der Waals surface area (Å²) in [5, 5.41) is 10.9. The third-order valence-corrected chi connectivity index (χ3v) is 5.34. The SMILES string of the molecule is CCCCCCC(C)(O)C(=CB1OC(C)(C)C(C)(C)O1)CCC. The maximum atomic E-state index is 10.9. The fourth-order valence-electron chi connectivity index (χ4n) is 2.98. The first-order chi connectivity index (χ1) is 10.6. The minimum Gasteiger partial charge on any atom is -0.400 e. The van der Waals surface area contributed by atoms with Crippen LogP contribution >= 0.6 is 0 Å². The molecule has 0 amide bonds. The van der Waals surface area contributed by atoms with Crippen LogP contribution in [-0.2, 0) is 9.31 Å². The van der Waals surface area contributed by atoms with Crippen LogP contribution in [0.3, 0.4) is 0 Å². The quantitative estimate of drug-likeness (QED) is 0.475. The molecule has 0 aromatic heterocycles. The molecule has 0 aliphatic carbocycles. The van der Waals surface area contributed by atoms with E-state index in [0.717, 1.165) is 31.3 Å². The molecule has 0 radical (unpaired) electrons. The number of hydrogen-bond donors (Lipinski definition) is 1. The van der Waals surface area contributed by atoms with Crippen LogP contribution < -0.4 is 0 Å². The van der Waals surface area contributed by atoms with Gasteiger partial charge in [0.05, 0.1) is 16.8 Å². The Balaban J connectivity index is 2.80. The Morgan fingerprint density at radius 2 is 1.57 bits per heavy atom. The van der Waals surface area contributed by atoms with Crippen molar-refractivity contribution in [2.24, 2.45) is 0 Å². The summed E-state index contributed by atoms with van der Waals surface area (Å²) in [4.78, 5) is 0. The number of unbranched alkanes of at least 4 members (excludes halogenated alkanes) is 3. The predicted octanol–water partition coefficient (Wildman–Crippen LogP) is 5.07. The molecule has 0 aromatic carbocycles. The second kappa shape index (κ2) is 8.18. The topological polar surface area (TPSA) is 38.7 Å². The normalized spacial score (nSPS) is 23.1. The van der Waals surface area contributed by atoms with Gasteiger partial charge in [-0.15, -0.1) is 0 Å². The molecule has 1 N–H and O–H groups in total. The molecule has 0 aromatic rings. The summed E-state index contributed by atoms with van der Waals surface area (Å²) in [5.41, 5.74) is -0.389. The molecule has 1 atom stereocenters. The zero-order chi connectivity index (χ0) is 17.7. The lowest BCUT2D eigenvalue weighted by molar-refractivity contribution is 0.00578. The fraction of sp³-hybridized carbons (Fsp3) is 0.895. The van der Waals surface area contributed by atoms with E-state index >= 15 is 0 Å². The van der Waals surface area contributed by atoms with E-state index in [0.29, 0.717) is 0 Å². The van der Waals surface area contributed by atoms with Crippen molar-refractivity contribution in [3.05, 3.63) is 11.5 Å². The van der Waals surface area contributed by atoms with Gasteiger partial charge in [-0.3, -0.25) is 0 Å². The van der Waals surface area contributed by atoms with Crippen molar-refractivity contribution in [2.45, 2.75) is 110 Å².